The second-order valence-corrected chi connectivity index (χ2v) is 8.47. The predicted octanol–water partition coefficient (Wildman–Crippen LogP) is 3.37. The van der Waals surface area contributed by atoms with Crippen LogP contribution in [-0.2, 0) is 16.6 Å². The molecule has 35 heavy (non-hydrogen) atoms. The van der Waals surface area contributed by atoms with Gasteiger partial charge in [0, 0.05) is 19.2 Å². The van der Waals surface area contributed by atoms with Gasteiger partial charge in [-0.05, 0) is 49.9 Å². The predicted molar refractivity (Wildman–Crippen MR) is 125 cm³/mol. The summed E-state index contributed by atoms with van der Waals surface area (Å²) in [6.07, 6.45) is -1.32. The molecule has 1 fully saturated rings. The zero-order valence-corrected chi connectivity index (χ0v) is 19.2. The first-order valence-electron chi connectivity index (χ1n) is 11.4. The van der Waals surface area contributed by atoms with Crippen LogP contribution in [0.25, 0.3) is 22.2 Å². The Hall–Kier alpha value is -3.47. The number of pyridine rings is 1. The van der Waals surface area contributed by atoms with E-state index in [2.05, 4.69) is 37.5 Å². The van der Waals surface area contributed by atoms with Gasteiger partial charge in [0.25, 0.3) is 5.56 Å². The third-order valence-corrected chi connectivity index (χ3v) is 6.00. The normalized spacial score (nSPS) is 14.7. The zero-order valence-electron chi connectivity index (χ0n) is 19.2. The Kier molecular flexibility index (Phi) is 7.34. The van der Waals surface area contributed by atoms with Crippen molar-refractivity contribution in [3.8, 4) is 11.3 Å². The number of rotatable bonds is 7. The van der Waals surface area contributed by atoms with Crippen LogP contribution in [0, 0.1) is 0 Å². The number of piperidine rings is 1. The zero-order chi connectivity index (χ0) is 25.0. The summed E-state index contributed by atoms with van der Waals surface area (Å²) in [6, 6.07) is 9.92. The lowest BCUT2D eigenvalue weighted by Crippen LogP contribution is -2.26. The van der Waals surface area contributed by atoms with Crippen molar-refractivity contribution in [3.63, 3.8) is 0 Å². The number of hydrogen-bond acceptors (Lipinski definition) is 7. The lowest BCUT2D eigenvalue weighted by Gasteiger charge is -2.23. The molecule has 8 nitrogen and oxygen atoms in total. The number of carbonyl (C=O) groups is 1. The molecule has 0 saturated carbocycles. The number of nitrogens with one attached hydrogen (secondary N) is 2. The smallest absolute Gasteiger partial charge is 0.459 e. The summed E-state index contributed by atoms with van der Waals surface area (Å²) in [5, 5.41) is 6.64. The van der Waals surface area contributed by atoms with E-state index in [4.69, 9.17) is 0 Å². The van der Waals surface area contributed by atoms with Gasteiger partial charge in [0.15, 0.2) is 0 Å². The molecule has 4 rings (SSSR count). The third kappa shape index (κ3) is 5.79. The fourth-order valence-corrected chi connectivity index (χ4v) is 4.10. The van der Waals surface area contributed by atoms with Gasteiger partial charge >= 0.3 is 12.1 Å². The van der Waals surface area contributed by atoms with Gasteiger partial charge in [-0.1, -0.05) is 24.3 Å². The van der Waals surface area contributed by atoms with E-state index < -0.39 is 18.8 Å². The molecule has 1 aliphatic heterocycles. The summed E-state index contributed by atoms with van der Waals surface area (Å²) in [7, 11) is 1.57. The third-order valence-electron chi connectivity index (χ3n) is 6.00. The van der Waals surface area contributed by atoms with Crippen LogP contribution in [0.3, 0.4) is 0 Å². The highest BCUT2D eigenvalue weighted by atomic mass is 19.4. The second-order valence-electron chi connectivity index (χ2n) is 8.47. The number of benzene rings is 1. The van der Waals surface area contributed by atoms with E-state index in [0.717, 1.165) is 31.5 Å². The number of ether oxygens (including phenoxy) is 1. The van der Waals surface area contributed by atoms with Crippen LogP contribution in [0.2, 0.25) is 0 Å². The Morgan fingerprint density at radius 1 is 1.23 bits per heavy atom. The minimum atomic E-state index is -5.03. The minimum absolute atomic E-state index is 0.0980. The van der Waals surface area contributed by atoms with Gasteiger partial charge in [-0.2, -0.15) is 13.2 Å². The van der Waals surface area contributed by atoms with Crippen LogP contribution in [0.5, 0.6) is 0 Å². The van der Waals surface area contributed by atoms with Crippen molar-refractivity contribution in [2.75, 3.05) is 31.6 Å². The van der Waals surface area contributed by atoms with E-state index >= 15 is 0 Å². The molecular formula is C24H26F3N5O3. The molecule has 0 unspecified atom stereocenters. The van der Waals surface area contributed by atoms with E-state index in [1.165, 1.54) is 16.5 Å². The molecule has 1 aromatic carbocycles. The van der Waals surface area contributed by atoms with Crippen molar-refractivity contribution in [1.29, 1.82) is 0 Å². The average molecular weight is 489 g/mol. The Balaban J connectivity index is 1.55. The highest BCUT2D eigenvalue weighted by Gasteiger charge is 2.40. The number of hydrogen-bond donors (Lipinski definition) is 2. The molecular weight excluding hydrogens is 463 g/mol. The fraction of sp³-hybridized carbons (Fsp3) is 0.417. The van der Waals surface area contributed by atoms with Crippen molar-refractivity contribution < 1.29 is 22.7 Å². The molecule has 1 aliphatic rings. The molecule has 2 N–H and O–H groups in total. The van der Waals surface area contributed by atoms with Gasteiger partial charge in [-0.3, -0.25) is 4.79 Å². The van der Waals surface area contributed by atoms with Crippen LogP contribution < -0.4 is 16.2 Å². The topological polar surface area (TPSA) is 98.1 Å². The molecule has 0 spiro atoms. The molecule has 0 atom stereocenters. The van der Waals surface area contributed by atoms with Crippen molar-refractivity contribution in [2.45, 2.75) is 31.4 Å². The standard InChI is InChI=1S/C24H26F3N5O3/c1-32-14-30-19-13-18(17-5-3-15(4-6-17)16-7-10-28-11-8-16)31-21(20(19)22(32)33)29-9-2-12-35-23(34)24(25,26)27/h3-6,13-14,16,28H,2,7-12H2,1H3,(H,29,31). The monoisotopic (exact) mass is 489 g/mol. The van der Waals surface area contributed by atoms with Crippen molar-refractivity contribution in [1.82, 2.24) is 19.9 Å². The molecule has 0 amide bonds. The summed E-state index contributed by atoms with van der Waals surface area (Å²) >= 11 is 0. The van der Waals surface area contributed by atoms with Gasteiger partial charge in [-0.15, -0.1) is 0 Å². The van der Waals surface area contributed by atoms with E-state index in [-0.39, 0.29) is 29.7 Å². The number of esters is 1. The van der Waals surface area contributed by atoms with Gasteiger partial charge in [0.05, 0.1) is 24.1 Å². The van der Waals surface area contributed by atoms with Gasteiger partial charge in [0.1, 0.15) is 11.2 Å². The maximum Gasteiger partial charge on any atom is 0.490 e. The first-order valence-corrected chi connectivity index (χ1v) is 11.4. The first kappa shape index (κ1) is 24.6. The number of carbonyl (C=O) groups excluding carboxylic acids is 1. The van der Waals surface area contributed by atoms with E-state index in [0.29, 0.717) is 17.1 Å². The van der Waals surface area contributed by atoms with Crippen LogP contribution in [0.4, 0.5) is 19.0 Å². The average Bonchev–Trinajstić information content (AvgIpc) is 2.85. The minimum Gasteiger partial charge on any atom is -0.459 e. The summed E-state index contributed by atoms with van der Waals surface area (Å²) < 4.78 is 42.4. The van der Waals surface area contributed by atoms with Crippen molar-refractivity contribution in [3.05, 3.63) is 52.6 Å². The summed E-state index contributed by atoms with van der Waals surface area (Å²) in [6.45, 7) is 1.73. The van der Waals surface area contributed by atoms with Gasteiger partial charge in [0.2, 0.25) is 0 Å². The Morgan fingerprint density at radius 3 is 2.63 bits per heavy atom. The summed E-state index contributed by atoms with van der Waals surface area (Å²) in [5.74, 6) is -1.44. The van der Waals surface area contributed by atoms with Gasteiger partial charge in [-0.25, -0.2) is 14.8 Å². The first-order chi connectivity index (χ1) is 16.7. The maximum absolute atomic E-state index is 12.7. The molecule has 0 bridgehead atoms. The van der Waals surface area contributed by atoms with Crippen molar-refractivity contribution >= 4 is 22.7 Å². The number of halogens is 3. The number of alkyl halides is 3. The Morgan fingerprint density at radius 2 is 1.94 bits per heavy atom. The molecule has 3 aromatic rings. The van der Waals surface area contributed by atoms with Crippen LogP contribution in [-0.4, -0.2) is 52.9 Å². The summed E-state index contributed by atoms with van der Waals surface area (Å²) in [4.78, 5) is 32.6. The van der Waals surface area contributed by atoms with E-state index in [1.807, 2.05) is 12.1 Å². The largest absolute Gasteiger partial charge is 0.490 e. The molecule has 186 valence electrons. The number of aromatic nitrogens is 3. The van der Waals surface area contributed by atoms with Crippen LogP contribution in [0.1, 0.15) is 30.7 Å². The molecule has 3 heterocycles. The number of fused-ring (bicyclic) bond motifs is 1. The Labute approximate surface area is 199 Å². The fourth-order valence-electron chi connectivity index (χ4n) is 4.10. The van der Waals surface area contributed by atoms with E-state index in [1.54, 1.807) is 13.1 Å². The highest BCUT2D eigenvalue weighted by molar-refractivity contribution is 5.91. The van der Waals surface area contributed by atoms with Crippen molar-refractivity contribution in [2.24, 2.45) is 7.05 Å². The van der Waals surface area contributed by atoms with E-state index in [9.17, 15) is 22.8 Å². The maximum atomic E-state index is 12.7. The van der Waals surface area contributed by atoms with Crippen LogP contribution in [0.15, 0.2) is 41.5 Å². The lowest BCUT2D eigenvalue weighted by molar-refractivity contribution is -0.199. The quantitative estimate of drug-likeness (QED) is 0.388. The molecule has 2 aromatic heterocycles. The number of anilines is 1. The molecule has 0 radical (unpaired) electrons. The molecule has 1 saturated heterocycles. The molecule has 11 heteroatoms. The Bertz CT molecular complexity index is 1250. The summed E-state index contributed by atoms with van der Waals surface area (Å²) in [5.41, 5.74) is 2.89. The second kappa shape index (κ2) is 10.4. The lowest BCUT2D eigenvalue weighted by atomic mass is 9.89. The molecule has 0 aliphatic carbocycles. The highest BCUT2D eigenvalue weighted by Crippen LogP contribution is 2.29. The SMILES string of the molecule is Cn1cnc2cc(-c3ccc(C4CCNCC4)cc3)nc(NCCCOC(=O)C(F)(F)F)c2c1=O. The van der Waals surface area contributed by atoms with Gasteiger partial charge < -0.3 is 19.9 Å². The number of aryl methyl sites for hydroxylation is 1. The van der Waals surface area contributed by atoms with Crippen LogP contribution >= 0.6 is 0 Å². The number of nitrogens with zero attached hydrogens (tertiary/aromatic N) is 3.